The lowest BCUT2D eigenvalue weighted by molar-refractivity contribution is -0.166. The minimum Gasteiger partial charge on any atom is -0.455 e. The molecule has 0 aromatic rings. The number of hydrogen-bond acceptors (Lipinski definition) is 8. The second kappa shape index (κ2) is 5.30. The maximum Gasteiger partial charge on any atom is 0.523 e. The lowest BCUT2D eigenvalue weighted by Crippen LogP contribution is -2.43. The molecule has 0 aliphatic carbocycles. The quantitative estimate of drug-likeness (QED) is 0.418. The van der Waals surface area contributed by atoms with E-state index in [0.29, 0.717) is 0 Å². The summed E-state index contributed by atoms with van der Waals surface area (Å²) in [4.78, 5) is 11.5. The molecule has 2 aliphatic heterocycles. The summed E-state index contributed by atoms with van der Waals surface area (Å²) in [5.74, 6) is -2.47. The first-order valence-electron chi connectivity index (χ1n) is 6.04. The van der Waals surface area contributed by atoms with Crippen molar-refractivity contribution in [2.45, 2.75) is 49.6 Å². The van der Waals surface area contributed by atoms with E-state index in [0.717, 1.165) is 0 Å². The summed E-state index contributed by atoms with van der Waals surface area (Å²) >= 11 is 0. The van der Waals surface area contributed by atoms with Crippen molar-refractivity contribution in [3.05, 3.63) is 0 Å². The molecule has 0 radical (unpaired) electrons. The van der Waals surface area contributed by atoms with E-state index in [1.54, 1.807) is 0 Å². The number of carbonyl (C=O) groups excluding carboxylic acids is 1. The Morgan fingerprint density at radius 2 is 1.95 bits per heavy atom. The van der Waals surface area contributed by atoms with Gasteiger partial charge in [0.1, 0.15) is 12.2 Å². The van der Waals surface area contributed by atoms with Crippen LogP contribution < -0.4 is 0 Å². The third-order valence-corrected chi connectivity index (χ3v) is 4.07. The largest absolute Gasteiger partial charge is 0.523 e. The first-order chi connectivity index (χ1) is 9.84. The van der Waals surface area contributed by atoms with E-state index in [1.165, 1.54) is 13.8 Å². The van der Waals surface area contributed by atoms with Gasteiger partial charge >= 0.3 is 21.6 Å². The highest BCUT2D eigenvalue weighted by Crippen LogP contribution is 2.33. The Kier molecular flexibility index (Phi) is 4.19. The summed E-state index contributed by atoms with van der Waals surface area (Å²) in [6.45, 7) is 2.98. The molecule has 0 aromatic carbocycles. The minimum atomic E-state index is -6.05. The molecule has 2 aliphatic rings. The maximum atomic E-state index is 12.2. The summed E-state index contributed by atoms with van der Waals surface area (Å²) in [6, 6.07) is 0. The number of aliphatic hydroxyl groups is 1. The van der Waals surface area contributed by atoms with Gasteiger partial charge in [0.15, 0.2) is 11.9 Å². The molecule has 12 heteroatoms. The van der Waals surface area contributed by atoms with Crippen LogP contribution in [-0.2, 0) is 33.3 Å². The van der Waals surface area contributed by atoms with Gasteiger partial charge in [-0.25, -0.2) is 8.98 Å². The van der Waals surface area contributed by atoms with Crippen LogP contribution in [0.25, 0.3) is 0 Å². The van der Waals surface area contributed by atoms with E-state index in [2.05, 4.69) is 8.92 Å². The van der Waals surface area contributed by atoms with Crippen LogP contribution in [-0.4, -0.2) is 61.8 Å². The fourth-order valence-corrected chi connectivity index (χ4v) is 2.62. The average Bonchev–Trinajstić information content (AvgIpc) is 2.82. The van der Waals surface area contributed by atoms with E-state index in [9.17, 15) is 31.5 Å². The summed E-state index contributed by atoms with van der Waals surface area (Å²) in [7, 11) is -6.05. The zero-order valence-electron chi connectivity index (χ0n) is 11.4. The molecule has 128 valence electrons. The minimum absolute atomic E-state index is 0.0965. The van der Waals surface area contributed by atoms with Crippen LogP contribution in [0.3, 0.4) is 0 Å². The SMILES string of the molecule is CC1(C)OC[C@H]([C@@H]2OC(=O)[C@H](OS(=O)(=O)C(F)(F)F)[C@@H]2O)O1. The van der Waals surface area contributed by atoms with Crippen LogP contribution in [0.5, 0.6) is 0 Å². The Bertz CT molecular complexity index is 557. The molecule has 0 bridgehead atoms. The second-order valence-corrected chi connectivity index (χ2v) is 6.74. The average molecular weight is 350 g/mol. The zero-order chi connectivity index (χ0) is 16.9. The van der Waals surface area contributed by atoms with Gasteiger partial charge in [-0.3, -0.25) is 0 Å². The maximum absolute atomic E-state index is 12.2. The molecule has 0 aromatic heterocycles. The molecule has 2 saturated heterocycles. The van der Waals surface area contributed by atoms with Crippen LogP contribution in [0.4, 0.5) is 13.2 Å². The van der Waals surface area contributed by atoms with E-state index < -0.39 is 51.8 Å². The van der Waals surface area contributed by atoms with Crippen LogP contribution in [0.2, 0.25) is 0 Å². The Morgan fingerprint density at radius 1 is 1.36 bits per heavy atom. The Hall–Kier alpha value is -0.950. The van der Waals surface area contributed by atoms with Gasteiger partial charge in [0.2, 0.25) is 6.10 Å². The fraction of sp³-hybridized carbons (Fsp3) is 0.900. The van der Waals surface area contributed by atoms with Crippen LogP contribution in [0.1, 0.15) is 13.8 Å². The number of rotatable bonds is 3. The highest BCUT2D eigenvalue weighted by Gasteiger charge is 2.57. The van der Waals surface area contributed by atoms with Gasteiger partial charge in [0.05, 0.1) is 6.61 Å². The van der Waals surface area contributed by atoms with E-state index in [1.807, 2.05) is 0 Å². The van der Waals surface area contributed by atoms with Crippen molar-refractivity contribution in [3.8, 4) is 0 Å². The molecule has 0 saturated carbocycles. The van der Waals surface area contributed by atoms with Crippen molar-refractivity contribution in [1.29, 1.82) is 0 Å². The summed E-state index contributed by atoms with van der Waals surface area (Å²) in [6.07, 6.45) is -6.63. The Balaban J connectivity index is 2.12. The van der Waals surface area contributed by atoms with Gasteiger partial charge in [-0.15, -0.1) is 0 Å². The number of esters is 1. The third-order valence-electron chi connectivity index (χ3n) is 3.04. The smallest absolute Gasteiger partial charge is 0.455 e. The van der Waals surface area contributed by atoms with Crippen molar-refractivity contribution in [1.82, 2.24) is 0 Å². The molecule has 2 fully saturated rings. The molecule has 0 amide bonds. The van der Waals surface area contributed by atoms with Gasteiger partial charge in [-0.1, -0.05) is 0 Å². The molecule has 2 rings (SSSR count). The normalized spacial score (nSPS) is 35.6. The van der Waals surface area contributed by atoms with Crippen LogP contribution >= 0.6 is 0 Å². The Labute approximate surface area is 123 Å². The van der Waals surface area contributed by atoms with Gasteiger partial charge < -0.3 is 19.3 Å². The number of aliphatic hydroxyl groups excluding tert-OH is 1. The van der Waals surface area contributed by atoms with Crippen molar-refractivity contribution < 1.29 is 49.9 Å². The van der Waals surface area contributed by atoms with E-state index in [-0.39, 0.29) is 6.61 Å². The molecule has 2 heterocycles. The first-order valence-corrected chi connectivity index (χ1v) is 7.45. The monoisotopic (exact) mass is 350 g/mol. The predicted molar refractivity (Wildman–Crippen MR) is 60.6 cm³/mol. The summed E-state index contributed by atoms with van der Waals surface area (Å²) < 4.78 is 77.5. The summed E-state index contributed by atoms with van der Waals surface area (Å²) in [5, 5.41) is 9.84. The highest BCUT2D eigenvalue weighted by molar-refractivity contribution is 7.87. The molecular weight excluding hydrogens is 337 g/mol. The van der Waals surface area contributed by atoms with E-state index >= 15 is 0 Å². The van der Waals surface area contributed by atoms with Crippen LogP contribution in [0.15, 0.2) is 0 Å². The van der Waals surface area contributed by atoms with Crippen LogP contribution in [0, 0.1) is 0 Å². The van der Waals surface area contributed by atoms with Gasteiger partial charge in [0, 0.05) is 0 Å². The standard InChI is InChI=1S/C10H13F3O8S/c1-9(2)18-3-4(20-9)6-5(14)7(8(15)19-6)21-22(16,17)10(11,12)13/h4-7,14H,3H2,1-2H3/t4-,5-,6+,7-/m1/s1. The van der Waals surface area contributed by atoms with Gasteiger partial charge in [-0.2, -0.15) is 21.6 Å². The number of hydrogen-bond donors (Lipinski definition) is 1. The third kappa shape index (κ3) is 3.20. The van der Waals surface area contributed by atoms with E-state index in [4.69, 9.17) is 9.47 Å². The predicted octanol–water partition coefficient (Wildman–Crippen LogP) is -0.341. The molecule has 8 nitrogen and oxygen atoms in total. The topological polar surface area (TPSA) is 108 Å². The molecule has 0 unspecified atom stereocenters. The number of cyclic esters (lactones) is 1. The number of halogens is 3. The number of ether oxygens (including phenoxy) is 3. The molecule has 22 heavy (non-hydrogen) atoms. The summed E-state index contributed by atoms with van der Waals surface area (Å²) in [5.41, 5.74) is -5.72. The molecular formula is C10H13F3O8S. The second-order valence-electron chi connectivity index (χ2n) is 5.18. The fourth-order valence-electron chi connectivity index (χ4n) is 2.04. The number of alkyl halides is 3. The lowest BCUT2D eigenvalue weighted by Gasteiger charge is -2.22. The van der Waals surface area contributed by atoms with Crippen molar-refractivity contribution >= 4 is 16.1 Å². The van der Waals surface area contributed by atoms with Crippen molar-refractivity contribution in [3.63, 3.8) is 0 Å². The number of carbonyl (C=O) groups is 1. The Morgan fingerprint density at radius 3 is 2.41 bits per heavy atom. The zero-order valence-corrected chi connectivity index (χ0v) is 12.2. The van der Waals surface area contributed by atoms with Crippen molar-refractivity contribution in [2.24, 2.45) is 0 Å². The van der Waals surface area contributed by atoms with Crippen molar-refractivity contribution in [2.75, 3.05) is 6.61 Å². The highest BCUT2D eigenvalue weighted by atomic mass is 32.2. The van der Waals surface area contributed by atoms with Gasteiger partial charge in [-0.05, 0) is 13.8 Å². The van der Waals surface area contributed by atoms with Gasteiger partial charge in [0.25, 0.3) is 0 Å². The molecule has 1 N–H and O–H groups in total. The lowest BCUT2D eigenvalue weighted by atomic mass is 10.1. The first kappa shape index (κ1) is 17.4. The molecule has 0 spiro atoms. The molecule has 4 atom stereocenters.